The van der Waals surface area contributed by atoms with Crippen molar-refractivity contribution in [2.24, 2.45) is 5.73 Å². The van der Waals surface area contributed by atoms with Gasteiger partial charge in [-0.15, -0.1) is 0 Å². The third-order valence-corrected chi connectivity index (χ3v) is 4.93. The zero-order chi connectivity index (χ0) is 17.6. The minimum Gasteiger partial charge on any atom is -0.368 e. The largest absolute Gasteiger partial charge is 0.368 e. The van der Waals surface area contributed by atoms with Crippen LogP contribution in [0, 0.1) is 0 Å². The van der Waals surface area contributed by atoms with Crippen LogP contribution in [0.25, 0.3) is 0 Å². The van der Waals surface area contributed by atoms with Crippen molar-refractivity contribution in [3.63, 3.8) is 0 Å². The number of carbonyl (C=O) groups is 1. The molecule has 132 valence electrons. The fraction of sp³-hybridized carbons (Fsp3) is 0.350. The number of nitrogens with zero attached hydrogens (tertiary/aromatic N) is 1. The van der Waals surface area contributed by atoms with Crippen molar-refractivity contribution < 1.29 is 4.79 Å². The number of piperidine rings is 1. The normalized spacial score (nSPS) is 18.6. The lowest BCUT2D eigenvalue weighted by atomic mass is 10.0. The fourth-order valence-electron chi connectivity index (χ4n) is 3.33. The van der Waals surface area contributed by atoms with Gasteiger partial charge < -0.3 is 16.0 Å². The molecule has 2 aromatic rings. The summed E-state index contributed by atoms with van der Waals surface area (Å²) in [6.45, 7) is 1.73. The van der Waals surface area contributed by atoms with E-state index in [-0.39, 0.29) is 18.0 Å². The number of benzene rings is 2. The first-order valence-electron chi connectivity index (χ1n) is 8.73. The van der Waals surface area contributed by atoms with E-state index in [0.717, 1.165) is 42.2 Å². The third kappa shape index (κ3) is 4.74. The Labute approximate surface area is 154 Å². The lowest BCUT2D eigenvalue weighted by molar-refractivity contribution is -0.122. The summed E-state index contributed by atoms with van der Waals surface area (Å²) in [5.41, 5.74) is 8.17. The van der Waals surface area contributed by atoms with Gasteiger partial charge in [-0.2, -0.15) is 0 Å². The van der Waals surface area contributed by atoms with Gasteiger partial charge in [-0.25, -0.2) is 0 Å². The van der Waals surface area contributed by atoms with Crippen molar-refractivity contribution in [2.75, 3.05) is 18.0 Å². The van der Waals surface area contributed by atoms with Gasteiger partial charge in [0, 0.05) is 31.6 Å². The molecule has 2 aromatic carbocycles. The van der Waals surface area contributed by atoms with Crippen molar-refractivity contribution in [1.82, 2.24) is 5.32 Å². The highest BCUT2D eigenvalue weighted by atomic mass is 35.5. The highest BCUT2D eigenvalue weighted by molar-refractivity contribution is 6.33. The highest BCUT2D eigenvalue weighted by Crippen LogP contribution is 2.27. The minimum absolute atomic E-state index is 0.00219. The van der Waals surface area contributed by atoms with Crippen molar-refractivity contribution >= 4 is 23.2 Å². The second-order valence-electron chi connectivity index (χ2n) is 6.53. The average Bonchev–Trinajstić information content (AvgIpc) is 2.63. The SMILES string of the molecule is NC(CC(=O)NC1CCCN(c2ccccc2Cl)C1)c1ccccc1. The van der Waals surface area contributed by atoms with Gasteiger partial charge in [0.25, 0.3) is 0 Å². The van der Waals surface area contributed by atoms with Crippen LogP contribution >= 0.6 is 11.6 Å². The van der Waals surface area contributed by atoms with Crippen molar-refractivity contribution in [2.45, 2.75) is 31.3 Å². The Morgan fingerprint density at radius 1 is 1.20 bits per heavy atom. The number of nitrogens with two attached hydrogens (primary N) is 1. The first-order valence-corrected chi connectivity index (χ1v) is 9.10. The van der Waals surface area contributed by atoms with Crippen LogP contribution in [0.15, 0.2) is 54.6 Å². The van der Waals surface area contributed by atoms with Crippen LogP contribution < -0.4 is 16.0 Å². The molecular formula is C20H24ClN3O. The molecule has 1 fully saturated rings. The Bertz CT molecular complexity index is 707. The molecule has 5 heteroatoms. The summed E-state index contributed by atoms with van der Waals surface area (Å²) in [4.78, 5) is 14.6. The molecular weight excluding hydrogens is 334 g/mol. The lowest BCUT2D eigenvalue weighted by Gasteiger charge is -2.35. The summed E-state index contributed by atoms with van der Waals surface area (Å²) in [6, 6.07) is 17.4. The van der Waals surface area contributed by atoms with E-state index in [4.69, 9.17) is 17.3 Å². The maximum Gasteiger partial charge on any atom is 0.222 e. The number of anilines is 1. The standard InChI is InChI=1S/C20H24ClN3O/c21-17-10-4-5-11-19(17)24-12-6-9-16(14-24)23-20(25)13-18(22)15-7-2-1-3-8-15/h1-5,7-8,10-11,16,18H,6,9,12-14,22H2,(H,23,25). The molecule has 1 aliphatic rings. The van der Waals surface area contributed by atoms with E-state index in [2.05, 4.69) is 10.2 Å². The topological polar surface area (TPSA) is 58.4 Å². The third-order valence-electron chi connectivity index (χ3n) is 4.61. The average molecular weight is 358 g/mol. The minimum atomic E-state index is -0.274. The molecule has 0 spiro atoms. The van der Waals surface area contributed by atoms with E-state index < -0.39 is 0 Å². The monoisotopic (exact) mass is 357 g/mol. The van der Waals surface area contributed by atoms with Gasteiger partial charge in [-0.05, 0) is 30.5 Å². The molecule has 1 heterocycles. The van der Waals surface area contributed by atoms with Crippen LogP contribution in [0.4, 0.5) is 5.69 Å². The van der Waals surface area contributed by atoms with Crippen LogP contribution in [-0.2, 0) is 4.79 Å². The predicted molar refractivity (Wildman–Crippen MR) is 103 cm³/mol. The number of hydrogen-bond acceptors (Lipinski definition) is 3. The smallest absolute Gasteiger partial charge is 0.222 e. The van der Waals surface area contributed by atoms with E-state index in [9.17, 15) is 4.79 Å². The van der Waals surface area contributed by atoms with Crippen molar-refractivity contribution in [1.29, 1.82) is 0 Å². The Hall–Kier alpha value is -2.04. The Kier molecular flexibility index (Phi) is 5.95. The van der Waals surface area contributed by atoms with Crippen LogP contribution in [-0.4, -0.2) is 25.0 Å². The van der Waals surface area contributed by atoms with Gasteiger partial charge in [0.05, 0.1) is 10.7 Å². The summed E-state index contributed by atoms with van der Waals surface area (Å²) in [6.07, 6.45) is 2.31. The summed E-state index contributed by atoms with van der Waals surface area (Å²) in [5, 5.41) is 3.89. The quantitative estimate of drug-likeness (QED) is 0.860. The van der Waals surface area contributed by atoms with E-state index in [0.29, 0.717) is 6.42 Å². The maximum absolute atomic E-state index is 12.4. The van der Waals surface area contributed by atoms with E-state index in [1.54, 1.807) is 0 Å². The van der Waals surface area contributed by atoms with Crippen LogP contribution in [0.3, 0.4) is 0 Å². The molecule has 0 radical (unpaired) electrons. The van der Waals surface area contributed by atoms with E-state index in [1.807, 2.05) is 54.6 Å². The number of carbonyl (C=O) groups excluding carboxylic acids is 1. The van der Waals surface area contributed by atoms with Gasteiger partial charge in [-0.1, -0.05) is 54.1 Å². The van der Waals surface area contributed by atoms with E-state index >= 15 is 0 Å². The highest BCUT2D eigenvalue weighted by Gasteiger charge is 2.23. The lowest BCUT2D eigenvalue weighted by Crippen LogP contribution is -2.48. The molecule has 0 aromatic heterocycles. The van der Waals surface area contributed by atoms with Gasteiger partial charge in [0.1, 0.15) is 0 Å². The fourth-order valence-corrected chi connectivity index (χ4v) is 3.58. The Morgan fingerprint density at radius 2 is 1.92 bits per heavy atom. The second-order valence-corrected chi connectivity index (χ2v) is 6.93. The zero-order valence-corrected chi connectivity index (χ0v) is 15.0. The van der Waals surface area contributed by atoms with Gasteiger partial charge in [0.2, 0.25) is 5.91 Å². The van der Waals surface area contributed by atoms with Crippen LogP contribution in [0.2, 0.25) is 5.02 Å². The second kappa shape index (κ2) is 8.37. The van der Waals surface area contributed by atoms with Crippen LogP contribution in [0.5, 0.6) is 0 Å². The van der Waals surface area contributed by atoms with Crippen LogP contribution in [0.1, 0.15) is 30.9 Å². The molecule has 25 heavy (non-hydrogen) atoms. The number of halogens is 1. The first kappa shape index (κ1) is 17.8. The summed E-state index contributed by atoms with van der Waals surface area (Å²) < 4.78 is 0. The number of hydrogen-bond donors (Lipinski definition) is 2. The van der Waals surface area contributed by atoms with Gasteiger partial charge >= 0.3 is 0 Å². The predicted octanol–water partition coefficient (Wildman–Crippen LogP) is 3.52. The molecule has 4 nitrogen and oxygen atoms in total. The van der Waals surface area contributed by atoms with Crippen molar-refractivity contribution in [3.05, 3.63) is 65.2 Å². The van der Waals surface area contributed by atoms with Gasteiger partial charge in [-0.3, -0.25) is 4.79 Å². The Morgan fingerprint density at radius 3 is 2.68 bits per heavy atom. The molecule has 2 atom stereocenters. The summed E-state index contributed by atoms with van der Waals surface area (Å²) in [5.74, 6) is 0.00219. The summed E-state index contributed by atoms with van der Waals surface area (Å²) in [7, 11) is 0. The number of para-hydroxylation sites is 1. The molecule has 1 amide bonds. The molecule has 3 rings (SSSR count). The maximum atomic E-state index is 12.4. The molecule has 0 saturated carbocycles. The number of amides is 1. The molecule has 1 aliphatic heterocycles. The zero-order valence-electron chi connectivity index (χ0n) is 14.2. The van der Waals surface area contributed by atoms with Gasteiger partial charge in [0.15, 0.2) is 0 Å². The number of nitrogens with one attached hydrogen (secondary N) is 1. The molecule has 1 saturated heterocycles. The first-order chi connectivity index (χ1) is 12.1. The molecule has 2 unspecified atom stereocenters. The van der Waals surface area contributed by atoms with E-state index in [1.165, 1.54) is 0 Å². The molecule has 3 N–H and O–H groups in total. The summed E-state index contributed by atoms with van der Waals surface area (Å²) >= 11 is 6.30. The number of rotatable bonds is 5. The molecule has 0 aliphatic carbocycles. The van der Waals surface area contributed by atoms with Crippen molar-refractivity contribution in [3.8, 4) is 0 Å². The molecule has 0 bridgehead atoms. The Balaban J connectivity index is 1.55.